The summed E-state index contributed by atoms with van der Waals surface area (Å²) in [7, 11) is 0. The highest BCUT2D eigenvalue weighted by Gasteiger charge is 2.24. The van der Waals surface area contributed by atoms with Crippen molar-refractivity contribution in [1.82, 2.24) is 9.88 Å². The van der Waals surface area contributed by atoms with Crippen LogP contribution >= 0.6 is 0 Å². The van der Waals surface area contributed by atoms with Gasteiger partial charge in [0, 0.05) is 24.5 Å². The number of aromatic nitrogens is 1. The number of oxazole rings is 1. The summed E-state index contributed by atoms with van der Waals surface area (Å²) >= 11 is 0. The van der Waals surface area contributed by atoms with Crippen LogP contribution in [0.25, 0.3) is 0 Å². The Labute approximate surface area is 110 Å². The molecule has 18 heavy (non-hydrogen) atoms. The molecule has 1 aliphatic rings. The number of hydrogen-bond donors (Lipinski definition) is 1. The molecule has 0 aromatic carbocycles. The summed E-state index contributed by atoms with van der Waals surface area (Å²) < 4.78 is 5.83. The number of nitrogens with two attached hydrogens (primary N) is 1. The maximum absolute atomic E-state index is 6.05. The first-order valence-electron chi connectivity index (χ1n) is 6.77. The number of piperidine rings is 1. The zero-order chi connectivity index (χ0) is 13.3. The second-order valence-corrected chi connectivity index (χ2v) is 6.66. The summed E-state index contributed by atoms with van der Waals surface area (Å²) in [5.41, 5.74) is 6.08. The molecule has 0 aliphatic carbocycles. The molecule has 0 amide bonds. The average molecular weight is 251 g/mol. The lowest BCUT2D eigenvalue weighted by atomic mass is 9.94. The molecule has 0 spiro atoms. The lowest BCUT2D eigenvalue weighted by molar-refractivity contribution is 0.144. The number of hydrogen-bond acceptors (Lipinski definition) is 4. The number of likely N-dealkylation sites (tertiary alicyclic amines) is 1. The number of rotatable bonds is 2. The molecule has 2 unspecified atom stereocenters. The molecule has 1 aliphatic heterocycles. The van der Waals surface area contributed by atoms with Gasteiger partial charge in [0.25, 0.3) is 0 Å². The molecule has 0 saturated carbocycles. The first kappa shape index (κ1) is 13.6. The van der Waals surface area contributed by atoms with Crippen LogP contribution in [0, 0.1) is 5.92 Å². The molecule has 0 radical (unpaired) electrons. The fraction of sp³-hybridized carbons (Fsp3) is 0.786. The lowest BCUT2D eigenvalue weighted by Crippen LogP contribution is -2.45. The van der Waals surface area contributed by atoms with Gasteiger partial charge in [0.2, 0.25) is 5.89 Å². The van der Waals surface area contributed by atoms with E-state index in [2.05, 4.69) is 37.6 Å². The van der Waals surface area contributed by atoms with E-state index < -0.39 is 0 Å². The molecule has 2 N–H and O–H groups in total. The SMILES string of the molecule is CC1CC(N)CN(Cc2ncc(C(C)(C)C)o2)C1. The molecule has 2 rings (SSSR count). The van der Waals surface area contributed by atoms with Crippen LogP contribution in [0.1, 0.15) is 45.8 Å². The molecule has 1 aromatic rings. The highest BCUT2D eigenvalue weighted by molar-refractivity contribution is 5.06. The predicted molar refractivity (Wildman–Crippen MR) is 72.2 cm³/mol. The summed E-state index contributed by atoms with van der Waals surface area (Å²) in [6.45, 7) is 11.5. The summed E-state index contributed by atoms with van der Waals surface area (Å²) in [6, 6.07) is 0.283. The Morgan fingerprint density at radius 2 is 2.17 bits per heavy atom. The van der Waals surface area contributed by atoms with E-state index in [1.54, 1.807) is 0 Å². The monoisotopic (exact) mass is 251 g/mol. The fourth-order valence-electron chi connectivity index (χ4n) is 2.56. The van der Waals surface area contributed by atoms with Crippen molar-refractivity contribution >= 4 is 0 Å². The van der Waals surface area contributed by atoms with E-state index in [-0.39, 0.29) is 11.5 Å². The maximum Gasteiger partial charge on any atom is 0.208 e. The molecular weight excluding hydrogens is 226 g/mol. The zero-order valence-corrected chi connectivity index (χ0v) is 11.9. The van der Waals surface area contributed by atoms with E-state index in [9.17, 15) is 0 Å². The van der Waals surface area contributed by atoms with Crippen LogP contribution in [0.4, 0.5) is 0 Å². The third kappa shape index (κ3) is 3.33. The van der Waals surface area contributed by atoms with Crippen molar-refractivity contribution in [2.45, 2.75) is 52.1 Å². The Hall–Kier alpha value is -0.870. The van der Waals surface area contributed by atoms with Crippen molar-refractivity contribution in [1.29, 1.82) is 0 Å². The van der Waals surface area contributed by atoms with Gasteiger partial charge in [-0.25, -0.2) is 4.98 Å². The molecule has 102 valence electrons. The van der Waals surface area contributed by atoms with Crippen LogP contribution in [0.15, 0.2) is 10.6 Å². The molecule has 1 saturated heterocycles. The van der Waals surface area contributed by atoms with Crippen LogP contribution in [0.5, 0.6) is 0 Å². The van der Waals surface area contributed by atoms with Gasteiger partial charge in [0.1, 0.15) is 5.76 Å². The quantitative estimate of drug-likeness (QED) is 0.875. The molecule has 4 nitrogen and oxygen atoms in total. The second-order valence-electron chi connectivity index (χ2n) is 6.66. The Kier molecular flexibility index (Phi) is 3.78. The van der Waals surface area contributed by atoms with Crippen molar-refractivity contribution in [3.05, 3.63) is 17.8 Å². The standard InChI is InChI=1S/C14H25N3O/c1-10-5-11(15)8-17(7-10)9-13-16-6-12(18-13)14(2,3)4/h6,10-11H,5,7-9,15H2,1-4H3. The first-order valence-corrected chi connectivity index (χ1v) is 6.77. The van der Waals surface area contributed by atoms with Crippen LogP contribution in [-0.2, 0) is 12.0 Å². The van der Waals surface area contributed by atoms with E-state index in [1.165, 1.54) is 0 Å². The van der Waals surface area contributed by atoms with E-state index in [1.807, 2.05) is 6.20 Å². The average Bonchev–Trinajstić information content (AvgIpc) is 2.63. The van der Waals surface area contributed by atoms with Crippen LogP contribution in [-0.4, -0.2) is 29.0 Å². The Morgan fingerprint density at radius 1 is 1.44 bits per heavy atom. The fourth-order valence-corrected chi connectivity index (χ4v) is 2.56. The molecule has 2 atom stereocenters. The Bertz CT molecular complexity index is 384. The minimum Gasteiger partial charge on any atom is -0.444 e. The normalized spacial score (nSPS) is 26.5. The van der Waals surface area contributed by atoms with E-state index in [4.69, 9.17) is 10.2 Å². The molecule has 2 heterocycles. The highest BCUT2D eigenvalue weighted by Crippen LogP contribution is 2.24. The zero-order valence-electron chi connectivity index (χ0n) is 11.9. The van der Waals surface area contributed by atoms with Crippen molar-refractivity contribution in [3.8, 4) is 0 Å². The molecular formula is C14H25N3O. The summed E-state index contributed by atoms with van der Waals surface area (Å²) in [4.78, 5) is 6.72. The maximum atomic E-state index is 6.05. The van der Waals surface area contributed by atoms with Crippen molar-refractivity contribution in [2.75, 3.05) is 13.1 Å². The largest absolute Gasteiger partial charge is 0.444 e. The van der Waals surface area contributed by atoms with Gasteiger partial charge in [-0.15, -0.1) is 0 Å². The third-order valence-corrected chi connectivity index (χ3v) is 3.42. The second kappa shape index (κ2) is 5.02. The van der Waals surface area contributed by atoms with Gasteiger partial charge in [0.15, 0.2) is 0 Å². The van der Waals surface area contributed by atoms with Gasteiger partial charge < -0.3 is 10.2 Å². The van der Waals surface area contributed by atoms with Gasteiger partial charge in [0.05, 0.1) is 12.7 Å². The highest BCUT2D eigenvalue weighted by atomic mass is 16.4. The molecule has 1 fully saturated rings. The smallest absolute Gasteiger partial charge is 0.208 e. The van der Waals surface area contributed by atoms with Crippen LogP contribution in [0.3, 0.4) is 0 Å². The number of nitrogens with zero attached hydrogens (tertiary/aromatic N) is 2. The summed E-state index contributed by atoms with van der Waals surface area (Å²) in [5.74, 6) is 2.42. The topological polar surface area (TPSA) is 55.3 Å². The minimum absolute atomic E-state index is 0.0246. The molecule has 4 heteroatoms. The van der Waals surface area contributed by atoms with Crippen molar-refractivity contribution < 1.29 is 4.42 Å². The van der Waals surface area contributed by atoms with Gasteiger partial charge in [-0.2, -0.15) is 0 Å². The molecule has 0 bridgehead atoms. The van der Waals surface area contributed by atoms with E-state index >= 15 is 0 Å². The molecule has 1 aromatic heterocycles. The van der Waals surface area contributed by atoms with Crippen LogP contribution in [0.2, 0.25) is 0 Å². The van der Waals surface area contributed by atoms with Crippen molar-refractivity contribution in [3.63, 3.8) is 0 Å². The van der Waals surface area contributed by atoms with E-state index in [0.29, 0.717) is 5.92 Å². The van der Waals surface area contributed by atoms with Crippen molar-refractivity contribution in [2.24, 2.45) is 11.7 Å². The van der Waals surface area contributed by atoms with Gasteiger partial charge in [-0.3, -0.25) is 4.90 Å². The summed E-state index contributed by atoms with van der Waals surface area (Å²) in [6.07, 6.45) is 2.97. The van der Waals surface area contributed by atoms with Crippen LogP contribution < -0.4 is 5.73 Å². The lowest BCUT2D eigenvalue weighted by Gasteiger charge is -2.33. The summed E-state index contributed by atoms with van der Waals surface area (Å²) in [5, 5.41) is 0. The predicted octanol–water partition coefficient (Wildman–Crippen LogP) is 2.14. The Morgan fingerprint density at radius 3 is 2.72 bits per heavy atom. The van der Waals surface area contributed by atoms with Gasteiger partial charge in [-0.05, 0) is 12.3 Å². The van der Waals surface area contributed by atoms with Gasteiger partial charge in [-0.1, -0.05) is 27.7 Å². The first-order chi connectivity index (χ1) is 8.34. The van der Waals surface area contributed by atoms with Gasteiger partial charge >= 0.3 is 0 Å². The van der Waals surface area contributed by atoms with E-state index in [0.717, 1.165) is 37.7 Å². The Balaban J connectivity index is 1.99. The third-order valence-electron chi connectivity index (χ3n) is 3.42. The minimum atomic E-state index is 0.0246.